The van der Waals surface area contributed by atoms with Crippen LogP contribution >= 0.6 is 0 Å². The molecule has 276 valence electrons. The number of nitrogens with zero attached hydrogens (tertiary/aromatic N) is 4. The summed E-state index contributed by atoms with van der Waals surface area (Å²) in [4.78, 5) is 60.3. The number of carbonyl (C=O) groups excluding carboxylic acids is 2. The lowest BCUT2D eigenvalue weighted by atomic mass is 10.1. The standard InChI is InChI=1S/C34H39N7O11/c1-3-51-31-28(29(44)30(31)45)36-24-8-4-23(5-9-24)33(46)37-26(20-27(42)43)34(47)35-12-13-48-14-15-49-16-17-50-18-19-52-25-10-6-22(7-11-25)32-40-38-21(2)39-41-32/h4-11,26,36H,3,12-20H2,1-2H3,(H,35,47)(H,37,46)(H,42,43)/t26-/m0/s1. The van der Waals surface area contributed by atoms with Gasteiger partial charge in [-0.05, 0) is 62.4 Å². The van der Waals surface area contributed by atoms with Gasteiger partial charge in [-0.25, -0.2) is 0 Å². The van der Waals surface area contributed by atoms with Gasteiger partial charge in [0.05, 0.1) is 52.7 Å². The van der Waals surface area contributed by atoms with Crippen LogP contribution in [0.3, 0.4) is 0 Å². The van der Waals surface area contributed by atoms with Gasteiger partial charge in [-0.2, -0.15) is 0 Å². The SMILES string of the molecule is CCOc1c(Nc2ccc(C(=O)N[C@@H](CC(=O)O)C(=O)NCCOCCOCCOCCOc3ccc(-c4nnc(C)nn4)cc3)cc2)c(=O)c1=O. The van der Waals surface area contributed by atoms with Crippen molar-refractivity contribution in [2.75, 3.05) is 64.7 Å². The number of aryl methyl sites for hydroxylation is 1. The number of anilines is 2. The molecule has 0 bridgehead atoms. The average molecular weight is 722 g/mol. The zero-order valence-corrected chi connectivity index (χ0v) is 28.6. The van der Waals surface area contributed by atoms with Gasteiger partial charge in [0.15, 0.2) is 11.6 Å². The van der Waals surface area contributed by atoms with Crippen molar-refractivity contribution in [3.8, 4) is 22.9 Å². The van der Waals surface area contributed by atoms with Gasteiger partial charge >= 0.3 is 5.97 Å². The Morgan fingerprint density at radius 1 is 0.769 bits per heavy atom. The molecule has 0 spiro atoms. The van der Waals surface area contributed by atoms with E-state index in [1.54, 1.807) is 26.0 Å². The first kappa shape index (κ1) is 38.9. The monoisotopic (exact) mass is 721 g/mol. The molecule has 1 heterocycles. The maximum absolute atomic E-state index is 12.8. The first-order valence-corrected chi connectivity index (χ1v) is 16.3. The fraction of sp³-hybridized carbons (Fsp3) is 0.382. The number of hydrogen-bond acceptors (Lipinski definition) is 15. The molecule has 1 aromatic heterocycles. The Bertz CT molecular complexity index is 1830. The summed E-state index contributed by atoms with van der Waals surface area (Å²) >= 11 is 0. The highest BCUT2D eigenvalue weighted by atomic mass is 16.6. The minimum Gasteiger partial charge on any atom is -0.491 e. The third kappa shape index (κ3) is 11.9. The second kappa shape index (κ2) is 20.1. The lowest BCUT2D eigenvalue weighted by molar-refractivity contribution is -0.139. The molecule has 0 radical (unpaired) electrons. The minimum atomic E-state index is -1.34. The quantitative estimate of drug-likeness (QED) is 0.0612. The lowest BCUT2D eigenvalue weighted by Gasteiger charge is -2.17. The lowest BCUT2D eigenvalue weighted by Crippen LogP contribution is -2.48. The summed E-state index contributed by atoms with van der Waals surface area (Å²) in [5.41, 5.74) is -0.0795. The van der Waals surface area contributed by atoms with E-state index in [4.69, 9.17) is 23.7 Å². The van der Waals surface area contributed by atoms with Gasteiger partial charge in [0.25, 0.3) is 16.8 Å². The van der Waals surface area contributed by atoms with Crippen molar-refractivity contribution in [1.29, 1.82) is 0 Å². The van der Waals surface area contributed by atoms with Crippen LogP contribution in [0.15, 0.2) is 58.1 Å². The van der Waals surface area contributed by atoms with Crippen LogP contribution < -0.4 is 36.3 Å². The molecule has 1 atom stereocenters. The molecule has 0 aliphatic heterocycles. The molecular formula is C34H39N7O11. The van der Waals surface area contributed by atoms with Crippen molar-refractivity contribution in [3.05, 3.63) is 80.4 Å². The number of amides is 2. The summed E-state index contributed by atoms with van der Waals surface area (Å²) in [6, 6.07) is 11.7. The number of carbonyl (C=O) groups is 3. The number of hydrogen-bond donors (Lipinski definition) is 4. The number of rotatable bonds is 23. The molecule has 0 fully saturated rings. The van der Waals surface area contributed by atoms with E-state index < -0.39 is 41.1 Å². The third-order valence-corrected chi connectivity index (χ3v) is 7.05. The van der Waals surface area contributed by atoms with Crippen molar-refractivity contribution in [3.63, 3.8) is 0 Å². The highest BCUT2D eigenvalue weighted by Gasteiger charge is 2.25. The maximum Gasteiger partial charge on any atom is 0.305 e. The summed E-state index contributed by atoms with van der Waals surface area (Å²) in [6.07, 6.45) is -0.641. The highest BCUT2D eigenvalue weighted by Crippen LogP contribution is 2.23. The minimum absolute atomic E-state index is 0.0218. The van der Waals surface area contributed by atoms with E-state index in [0.29, 0.717) is 56.1 Å². The van der Waals surface area contributed by atoms with Crippen LogP contribution in [0.1, 0.15) is 29.5 Å². The molecule has 4 aromatic rings. The molecule has 0 unspecified atom stereocenters. The largest absolute Gasteiger partial charge is 0.491 e. The van der Waals surface area contributed by atoms with Crippen LogP contribution in [0.25, 0.3) is 11.4 Å². The molecule has 0 saturated carbocycles. The van der Waals surface area contributed by atoms with Gasteiger partial charge in [0.2, 0.25) is 11.7 Å². The number of carboxylic acids is 1. The molecule has 52 heavy (non-hydrogen) atoms. The molecule has 0 aliphatic carbocycles. The first-order chi connectivity index (χ1) is 25.2. The van der Waals surface area contributed by atoms with E-state index in [0.717, 1.165) is 5.56 Å². The van der Waals surface area contributed by atoms with Crippen LogP contribution in [0, 0.1) is 6.92 Å². The predicted molar refractivity (Wildman–Crippen MR) is 185 cm³/mol. The topological polar surface area (TPSA) is 239 Å². The third-order valence-electron chi connectivity index (χ3n) is 7.05. The maximum atomic E-state index is 12.8. The molecule has 4 N–H and O–H groups in total. The van der Waals surface area contributed by atoms with Crippen LogP contribution in [0.5, 0.6) is 11.5 Å². The average Bonchev–Trinajstić information content (AvgIpc) is 3.15. The van der Waals surface area contributed by atoms with E-state index >= 15 is 0 Å². The van der Waals surface area contributed by atoms with Crippen LogP contribution in [0.4, 0.5) is 11.4 Å². The Morgan fingerprint density at radius 3 is 2.00 bits per heavy atom. The fourth-order valence-electron chi connectivity index (χ4n) is 4.47. The van der Waals surface area contributed by atoms with Crippen molar-refractivity contribution in [1.82, 2.24) is 31.0 Å². The zero-order valence-electron chi connectivity index (χ0n) is 28.6. The molecule has 3 aromatic carbocycles. The molecule has 0 saturated heterocycles. The number of aromatic nitrogens is 4. The smallest absolute Gasteiger partial charge is 0.305 e. The fourth-order valence-corrected chi connectivity index (χ4v) is 4.47. The van der Waals surface area contributed by atoms with Gasteiger partial charge < -0.3 is 44.7 Å². The number of aliphatic carboxylic acids is 1. The summed E-state index contributed by atoms with van der Waals surface area (Å²) < 4.78 is 27.2. The van der Waals surface area contributed by atoms with E-state index in [1.165, 1.54) is 24.3 Å². The second-order valence-electron chi connectivity index (χ2n) is 10.9. The Morgan fingerprint density at radius 2 is 1.38 bits per heavy atom. The number of carboxylic acid groups (broad SMARTS) is 1. The van der Waals surface area contributed by atoms with Crippen molar-refractivity contribution in [2.24, 2.45) is 0 Å². The molecule has 2 amide bonds. The summed E-state index contributed by atoms with van der Waals surface area (Å²) in [6.45, 7) is 5.78. The molecule has 4 rings (SSSR count). The number of nitrogens with one attached hydrogen (secondary N) is 3. The van der Waals surface area contributed by atoms with Crippen LogP contribution in [0.2, 0.25) is 0 Å². The van der Waals surface area contributed by atoms with Gasteiger partial charge in [-0.1, -0.05) is 0 Å². The van der Waals surface area contributed by atoms with Gasteiger partial charge in [0.1, 0.15) is 24.1 Å². The van der Waals surface area contributed by atoms with Crippen molar-refractivity contribution >= 4 is 29.2 Å². The Balaban J connectivity index is 1.04. The van der Waals surface area contributed by atoms with Gasteiger partial charge in [-0.15, -0.1) is 20.4 Å². The Kier molecular flexibility index (Phi) is 15.1. The van der Waals surface area contributed by atoms with Crippen LogP contribution in [-0.2, 0) is 23.8 Å². The summed E-state index contributed by atoms with van der Waals surface area (Å²) in [7, 11) is 0. The number of ether oxygens (including phenoxy) is 5. The van der Waals surface area contributed by atoms with Crippen LogP contribution in [-0.4, -0.2) is 109 Å². The first-order valence-electron chi connectivity index (χ1n) is 16.3. The summed E-state index contributed by atoms with van der Waals surface area (Å²) in [5.74, 6) is -1.11. The van der Waals surface area contributed by atoms with Crippen molar-refractivity contribution in [2.45, 2.75) is 26.3 Å². The van der Waals surface area contributed by atoms with E-state index in [9.17, 15) is 29.1 Å². The normalized spacial score (nSPS) is 11.5. The van der Waals surface area contributed by atoms with E-state index in [-0.39, 0.29) is 43.4 Å². The summed E-state index contributed by atoms with van der Waals surface area (Å²) in [5, 5.41) is 32.8. The Labute approximate surface area is 297 Å². The van der Waals surface area contributed by atoms with E-state index in [1.807, 2.05) is 12.1 Å². The predicted octanol–water partition coefficient (Wildman–Crippen LogP) is 0.798. The second-order valence-corrected chi connectivity index (χ2v) is 10.9. The van der Waals surface area contributed by atoms with E-state index in [2.05, 4.69) is 36.3 Å². The Hall–Kier alpha value is -5.85. The molecule has 18 heteroatoms. The molecule has 18 nitrogen and oxygen atoms in total. The number of benzene rings is 2. The van der Waals surface area contributed by atoms with Crippen molar-refractivity contribution < 1.29 is 43.2 Å². The highest BCUT2D eigenvalue weighted by molar-refractivity contribution is 5.98. The van der Waals surface area contributed by atoms with Gasteiger partial charge in [-0.3, -0.25) is 24.0 Å². The molecule has 0 aliphatic rings. The van der Waals surface area contributed by atoms with Gasteiger partial charge in [0, 0.05) is 23.4 Å². The zero-order chi connectivity index (χ0) is 37.3. The molecular weight excluding hydrogens is 682 g/mol.